The molecule has 0 saturated carbocycles. The van der Waals surface area contributed by atoms with Crippen LogP contribution in [0.1, 0.15) is 5.82 Å². The van der Waals surface area contributed by atoms with Crippen molar-refractivity contribution < 1.29 is 9.13 Å². The summed E-state index contributed by atoms with van der Waals surface area (Å²) in [6.07, 6.45) is 0.758. The summed E-state index contributed by atoms with van der Waals surface area (Å²) in [5.41, 5.74) is 1.50. The zero-order chi connectivity index (χ0) is 12.5. The third kappa shape index (κ3) is 2.41. The van der Waals surface area contributed by atoms with Crippen LogP contribution in [0.4, 0.5) is 4.39 Å². The van der Waals surface area contributed by atoms with Crippen molar-refractivity contribution >= 4 is 27.0 Å². The maximum absolute atomic E-state index is 13.4. The Hall–Kier alpha value is -0.980. The minimum atomic E-state index is -0.281. The lowest BCUT2D eigenvalue weighted by Gasteiger charge is -2.22. The summed E-state index contributed by atoms with van der Waals surface area (Å²) in [7, 11) is 0. The molecule has 1 atom stereocenters. The maximum atomic E-state index is 13.4. The number of benzene rings is 1. The number of ether oxygens (including phenoxy) is 1. The van der Waals surface area contributed by atoms with E-state index < -0.39 is 0 Å². The van der Waals surface area contributed by atoms with E-state index in [4.69, 9.17) is 4.74 Å². The van der Waals surface area contributed by atoms with Gasteiger partial charge in [0.1, 0.15) is 11.6 Å². The SMILES string of the molecule is Fc1cc2[nH]c(CC3COCCN3)nc2cc1Br. The highest BCUT2D eigenvalue weighted by Gasteiger charge is 2.16. The normalized spacial score (nSPS) is 20.4. The van der Waals surface area contributed by atoms with Crippen LogP contribution in [0.15, 0.2) is 16.6 Å². The van der Waals surface area contributed by atoms with Gasteiger partial charge < -0.3 is 15.0 Å². The summed E-state index contributed by atoms with van der Waals surface area (Å²) in [4.78, 5) is 7.60. The predicted molar refractivity (Wildman–Crippen MR) is 70.1 cm³/mol. The monoisotopic (exact) mass is 313 g/mol. The first-order chi connectivity index (χ1) is 8.72. The van der Waals surface area contributed by atoms with E-state index in [1.54, 1.807) is 6.07 Å². The molecule has 1 aliphatic heterocycles. The Morgan fingerprint density at radius 3 is 3.17 bits per heavy atom. The van der Waals surface area contributed by atoms with Crippen LogP contribution in [0.2, 0.25) is 0 Å². The summed E-state index contributed by atoms with van der Waals surface area (Å²) in [5, 5.41) is 3.37. The van der Waals surface area contributed by atoms with Crippen molar-refractivity contribution in [2.24, 2.45) is 0 Å². The third-order valence-corrected chi connectivity index (χ3v) is 3.62. The molecule has 2 N–H and O–H groups in total. The molecule has 4 nitrogen and oxygen atoms in total. The number of imidazole rings is 1. The molecule has 1 fully saturated rings. The van der Waals surface area contributed by atoms with Gasteiger partial charge in [0, 0.05) is 25.1 Å². The highest BCUT2D eigenvalue weighted by molar-refractivity contribution is 9.10. The number of halogens is 2. The Labute approximate surface area is 112 Å². The Balaban J connectivity index is 1.84. The van der Waals surface area contributed by atoms with E-state index in [0.717, 1.165) is 36.4 Å². The van der Waals surface area contributed by atoms with Crippen molar-refractivity contribution in [1.82, 2.24) is 15.3 Å². The van der Waals surface area contributed by atoms with E-state index in [0.29, 0.717) is 11.1 Å². The average Bonchev–Trinajstić information content (AvgIpc) is 2.72. The maximum Gasteiger partial charge on any atom is 0.139 e. The fourth-order valence-electron chi connectivity index (χ4n) is 2.14. The largest absolute Gasteiger partial charge is 0.379 e. The van der Waals surface area contributed by atoms with Crippen LogP contribution >= 0.6 is 15.9 Å². The van der Waals surface area contributed by atoms with Gasteiger partial charge in [0.05, 0.1) is 28.7 Å². The van der Waals surface area contributed by atoms with Crippen LogP contribution in [0.5, 0.6) is 0 Å². The minimum absolute atomic E-state index is 0.271. The van der Waals surface area contributed by atoms with Gasteiger partial charge in [-0.3, -0.25) is 0 Å². The Morgan fingerprint density at radius 1 is 1.50 bits per heavy atom. The standard InChI is InChI=1S/C12H13BrFN3O/c13-8-4-10-11(5-9(8)14)17-12(16-10)3-7-6-18-2-1-15-7/h4-5,7,15H,1-3,6H2,(H,16,17). The number of H-pyrrole nitrogens is 1. The molecular formula is C12H13BrFN3O. The highest BCUT2D eigenvalue weighted by atomic mass is 79.9. The van der Waals surface area contributed by atoms with Gasteiger partial charge in [-0.05, 0) is 22.0 Å². The zero-order valence-corrected chi connectivity index (χ0v) is 11.3. The van der Waals surface area contributed by atoms with Crippen LogP contribution in [-0.4, -0.2) is 35.8 Å². The van der Waals surface area contributed by atoms with Crippen molar-refractivity contribution in [2.45, 2.75) is 12.5 Å². The molecule has 6 heteroatoms. The number of hydrogen-bond donors (Lipinski definition) is 2. The summed E-state index contributed by atoms with van der Waals surface area (Å²) in [5.74, 6) is 0.572. The minimum Gasteiger partial charge on any atom is -0.379 e. The summed E-state index contributed by atoms with van der Waals surface area (Å²) >= 11 is 3.16. The molecule has 0 aliphatic carbocycles. The van der Waals surface area contributed by atoms with Gasteiger partial charge in [0.2, 0.25) is 0 Å². The number of nitrogens with zero attached hydrogens (tertiary/aromatic N) is 1. The quantitative estimate of drug-likeness (QED) is 0.891. The number of morpholine rings is 1. The summed E-state index contributed by atoms with van der Waals surface area (Å²) in [6, 6.07) is 3.42. The van der Waals surface area contributed by atoms with Crippen LogP contribution in [0.3, 0.4) is 0 Å². The van der Waals surface area contributed by atoms with Crippen LogP contribution in [0.25, 0.3) is 11.0 Å². The first kappa shape index (κ1) is 12.1. The van der Waals surface area contributed by atoms with Crippen molar-refractivity contribution in [3.8, 4) is 0 Å². The van der Waals surface area contributed by atoms with Crippen LogP contribution in [-0.2, 0) is 11.2 Å². The molecule has 1 aromatic heterocycles. The molecule has 1 saturated heterocycles. The molecule has 18 heavy (non-hydrogen) atoms. The molecule has 1 aromatic carbocycles. The average molecular weight is 314 g/mol. The summed E-state index contributed by atoms with van der Waals surface area (Å²) < 4.78 is 19.2. The fraction of sp³-hybridized carbons (Fsp3) is 0.417. The van der Waals surface area contributed by atoms with Gasteiger partial charge in [-0.25, -0.2) is 9.37 Å². The second-order valence-electron chi connectivity index (χ2n) is 4.40. The van der Waals surface area contributed by atoms with E-state index in [9.17, 15) is 4.39 Å². The highest BCUT2D eigenvalue weighted by Crippen LogP contribution is 2.22. The number of aromatic nitrogens is 2. The van der Waals surface area contributed by atoms with Crippen molar-refractivity contribution in [1.29, 1.82) is 0 Å². The van der Waals surface area contributed by atoms with Crippen LogP contribution in [0, 0.1) is 5.82 Å². The van der Waals surface area contributed by atoms with E-state index >= 15 is 0 Å². The van der Waals surface area contributed by atoms with E-state index in [1.807, 2.05) is 0 Å². The van der Waals surface area contributed by atoms with Gasteiger partial charge in [-0.15, -0.1) is 0 Å². The molecule has 3 rings (SSSR count). The van der Waals surface area contributed by atoms with Gasteiger partial charge in [-0.2, -0.15) is 0 Å². The summed E-state index contributed by atoms with van der Waals surface area (Å²) in [6.45, 7) is 2.31. The molecular weight excluding hydrogens is 301 g/mol. The second kappa shape index (κ2) is 4.95. The molecule has 1 aliphatic rings. The molecule has 2 heterocycles. The lowest BCUT2D eigenvalue weighted by molar-refractivity contribution is 0.0765. The van der Waals surface area contributed by atoms with Gasteiger partial charge in [0.15, 0.2) is 0 Å². The first-order valence-corrected chi connectivity index (χ1v) is 6.66. The van der Waals surface area contributed by atoms with Crippen molar-refractivity contribution in [3.05, 3.63) is 28.2 Å². The molecule has 1 unspecified atom stereocenters. The Bertz CT molecular complexity index is 527. The number of aromatic amines is 1. The van der Waals surface area contributed by atoms with Gasteiger partial charge >= 0.3 is 0 Å². The molecule has 0 amide bonds. The first-order valence-electron chi connectivity index (χ1n) is 5.87. The van der Waals surface area contributed by atoms with Gasteiger partial charge in [-0.1, -0.05) is 0 Å². The topological polar surface area (TPSA) is 49.9 Å². The molecule has 0 radical (unpaired) electrons. The van der Waals surface area contributed by atoms with Gasteiger partial charge in [0.25, 0.3) is 0 Å². The lowest BCUT2D eigenvalue weighted by atomic mass is 10.2. The lowest BCUT2D eigenvalue weighted by Crippen LogP contribution is -2.42. The number of rotatable bonds is 2. The molecule has 96 valence electrons. The molecule has 0 bridgehead atoms. The number of fused-ring (bicyclic) bond motifs is 1. The van der Waals surface area contributed by atoms with E-state index in [-0.39, 0.29) is 11.9 Å². The predicted octanol–water partition coefficient (Wildman–Crippen LogP) is 2.00. The molecule has 2 aromatic rings. The van der Waals surface area contributed by atoms with Crippen molar-refractivity contribution in [3.63, 3.8) is 0 Å². The number of nitrogens with one attached hydrogen (secondary N) is 2. The van der Waals surface area contributed by atoms with E-state index in [1.165, 1.54) is 6.07 Å². The molecule has 0 spiro atoms. The number of hydrogen-bond acceptors (Lipinski definition) is 3. The Kier molecular flexibility index (Phi) is 3.32. The van der Waals surface area contributed by atoms with Crippen LogP contribution < -0.4 is 5.32 Å². The second-order valence-corrected chi connectivity index (χ2v) is 5.25. The van der Waals surface area contributed by atoms with Crippen molar-refractivity contribution in [2.75, 3.05) is 19.8 Å². The third-order valence-electron chi connectivity index (χ3n) is 3.01. The Morgan fingerprint density at radius 2 is 2.39 bits per heavy atom. The smallest absolute Gasteiger partial charge is 0.139 e. The zero-order valence-electron chi connectivity index (χ0n) is 9.67. The van der Waals surface area contributed by atoms with E-state index in [2.05, 4.69) is 31.2 Å². The fourth-order valence-corrected chi connectivity index (χ4v) is 2.47.